The van der Waals surface area contributed by atoms with Gasteiger partial charge in [0.1, 0.15) is 6.61 Å². The van der Waals surface area contributed by atoms with E-state index in [2.05, 4.69) is 10.1 Å². The van der Waals surface area contributed by atoms with Gasteiger partial charge >= 0.3 is 5.69 Å². The van der Waals surface area contributed by atoms with Crippen molar-refractivity contribution in [2.45, 2.75) is 53.2 Å². The van der Waals surface area contributed by atoms with E-state index >= 15 is 4.39 Å². The molecule has 0 radical (unpaired) electrons. The first-order chi connectivity index (χ1) is 15.6. The van der Waals surface area contributed by atoms with Crippen LogP contribution in [0.25, 0.3) is 22.4 Å². The van der Waals surface area contributed by atoms with Gasteiger partial charge in [0, 0.05) is 18.3 Å². The maximum atomic E-state index is 15.3. The van der Waals surface area contributed by atoms with Gasteiger partial charge in [-0.2, -0.15) is 4.68 Å². The quantitative estimate of drug-likeness (QED) is 0.515. The van der Waals surface area contributed by atoms with Gasteiger partial charge in [-0.15, -0.1) is 5.10 Å². The molecule has 3 aromatic heterocycles. The average molecular weight is 452 g/mol. The fourth-order valence-corrected chi connectivity index (χ4v) is 3.95. The molecule has 0 saturated carbocycles. The second-order valence-electron chi connectivity index (χ2n) is 8.96. The van der Waals surface area contributed by atoms with E-state index < -0.39 is 29.1 Å². The number of halogens is 1. The monoisotopic (exact) mass is 451 g/mol. The number of aryl methyl sites for hydroxylation is 1. The lowest BCUT2D eigenvalue weighted by Gasteiger charge is -2.23. The predicted molar refractivity (Wildman–Crippen MR) is 124 cm³/mol. The Labute approximate surface area is 189 Å². The Balaban J connectivity index is 2.09. The highest BCUT2D eigenvalue weighted by molar-refractivity contribution is 5.83. The number of rotatable bonds is 4. The number of nitrogens with zero attached hydrogens (tertiary/aromatic N) is 5. The minimum absolute atomic E-state index is 0.106. The van der Waals surface area contributed by atoms with E-state index in [1.165, 1.54) is 9.13 Å². The number of benzene rings is 1. The van der Waals surface area contributed by atoms with Gasteiger partial charge < -0.3 is 5.11 Å². The molecule has 0 saturated heterocycles. The Morgan fingerprint density at radius 2 is 1.85 bits per heavy atom. The third kappa shape index (κ3) is 3.68. The van der Waals surface area contributed by atoms with Crippen LogP contribution in [0.15, 0.2) is 46.1 Å². The molecule has 4 rings (SSSR count). The van der Waals surface area contributed by atoms with Crippen molar-refractivity contribution in [2.75, 3.05) is 0 Å². The van der Waals surface area contributed by atoms with Crippen molar-refractivity contribution >= 4 is 10.9 Å². The summed E-state index contributed by atoms with van der Waals surface area (Å²) in [5, 5.41) is 13.7. The SMILES string of the molecule is CCn1c(CO)nn(-c2nc3c(C(C)(C)C)cn(-c4ccccc4C)c(=O)c3cc2F)c1=O. The molecule has 1 N–H and O–H groups in total. The zero-order valence-electron chi connectivity index (χ0n) is 19.3. The van der Waals surface area contributed by atoms with Crippen LogP contribution in [0.3, 0.4) is 0 Å². The molecule has 0 aliphatic rings. The Morgan fingerprint density at radius 3 is 2.42 bits per heavy atom. The van der Waals surface area contributed by atoms with E-state index in [0.29, 0.717) is 16.8 Å². The standard InChI is InChI=1S/C24H26FN5O3/c1-6-28-19(13-31)27-30(23(28)33)21-17(25)11-15-20(26-21)16(24(3,4)5)12-29(22(15)32)18-10-8-7-9-14(18)2/h7-12,31H,6,13H2,1-5H3. The molecule has 0 aliphatic carbocycles. The zero-order chi connectivity index (χ0) is 24.1. The number of aliphatic hydroxyl groups is 1. The molecule has 3 heterocycles. The molecule has 0 atom stereocenters. The van der Waals surface area contributed by atoms with Crippen LogP contribution in [0.4, 0.5) is 4.39 Å². The molecule has 0 unspecified atom stereocenters. The number of fused-ring (bicyclic) bond motifs is 1. The van der Waals surface area contributed by atoms with Crippen LogP contribution in [0.1, 0.15) is 44.6 Å². The maximum absolute atomic E-state index is 15.3. The fraction of sp³-hybridized carbons (Fsp3) is 0.333. The third-order valence-corrected chi connectivity index (χ3v) is 5.70. The molecule has 0 amide bonds. The Hall–Kier alpha value is -3.59. The van der Waals surface area contributed by atoms with Crippen molar-refractivity contribution in [3.8, 4) is 11.5 Å². The Bertz CT molecular complexity index is 1490. The van der Waals surface area contributed by atoms with Gasteiger partial charge in [-0.25, -0.2) is 14.2 Å². The van der Waals surface area contributed by atoms with Crippen molar-refractivity contribution < 1.29 is 9.50 Å². The first-order valence-corrected chi connectivity index (χ1v) is 10.7. The van der Waals surface area contributed by atoms with Crippen LogP contribution in [0.2, 0.25) is 0 Å². The van der Waals surface area contributed by atoms with Crippen molar-refractivity contribution in [3.63, 3.8) is 0 Å². The van der Waals surface area contributed by atoms with E-state index in [9.17, 15) is 14.7 Å². The molecule has 9 heteroatoms. The van der Waals surface area contributed by atoms with E-state index in [1.807, 2.05) is 52.0 Å². The number of aliphatic hydroxyl groups excluding tert-OH is 1. The number of aromatic nitrogens is 5. The lowest BCUT2D eigenvalue weighted by Crippen LogP contribution is -2.27. The summed E-state index contributed by atoms with van der Waals surface area (Å²) in [6.45, 7) is 9.34. The first kappa shape index (κ1) is 22.6. The highest BCUT2D eigenvalue weighted by atomic mass is 19.1. The van der Waals surface area contributed by atoms with E-state index in [4.69, 9.17) is 0 Å². The molecule has 0 aliphatic heterocycles. The van der Waals surface area contributed by atoms with Crippen LogP contribution < -0.4 is 11.2 Å². The lowest BCUT2D eigenvalue weighted by molar-refractivity contribution is 0.264. The van der Waals surface area contributed by atoms with Crippen LogP contribution in [0.5, 0.6) is 0 Å². The third-order valence-electron chi connectivity index (χ3n) is 5.70. The number of hydrogen-bond donors (Lipinski definition) is 1. The van der Waals surface area contributed by atoms with Crippen molar-refractivity contribution in [2.24, 2.45) is 0 Å². The van der Waals surface area contributed by atoms with Gasteiger partial charge in [-0.3, -0.25) is 13.9 Å². The molecule has 1 aromatic carbocycles. The van der Waals surface area contributed by atoms with Crippen molar-refractivity contribution in [1.82, 2.24) is 23.9 Å². The van der Waals surface area contributed by atoms with Crippen molar-refractivity contribution in [1.29, 1.82) is 0 Å². The van der Waals surface area contributed by atoms with Crippen LogP contribution in [0, 0.1) is 12.7 Å². The Morgan fingerprint density at radius 1 is 1.15 bits per heavy atom. The molecule has 0 spiro atoms. The number of hydrogen-bond acceptors (Lipinski definition) is 5. The zero-order valence-corrected chi connectivity index (χ0v) is 19.3. The minimum Gasteiger partial charge on any atom is -0.388 e. The van der Waals surface area contributed by atoms with Crippen LogP contribution >= 0.6 is 0 Å². The van der Waals surface area contributed by atoms with E-state index in [-0.39, 0.29) is 23.6 Å². The van der Waals surface area contributed by atoms with E-state index in [0.717, 1.165) is 16.3 Å². The first-order valence-electron chi connectivity index (χ1n) is 10.7. The summed E-state index contributed by atoms with van der Waals surface area (Å²) in [6.07, 6.45) is 1.73. The molecule has 4 aromatic rings. The average Bonchev–Trinajstić information content (AvgIpc) is 3.09. The topological polar surface area (TPSA) is 94.9 Å². The molecular formula is C24H26FN5O3. The summed E-state index contributed by atoms with van der Waals surface area (Å²) in [5.41, 5.74) is 1.15. The maximum Gasteiger partial charge on any atom is 0.352 e. The molecule has 0 fully saturated rings. The molecule has 8 nitrogen and oxygen atoms in total. The molecule has 33 heavy (non-hydrogen) atoms. The van der Waals surface area contributed by atoms with Gasteiger partial charge in [-0.1, -0.05) is 39.0 Å². The van der Waals surface area contributed by atoms with Gasteiger partial charge in [0.15, 0.2) is 17.5 Å². The molecule has 172 valence electrons. The van der Waals surface area contributed by atoms with Gasteiger partial charge in [0.2, 0.25) is 0 Å². The lowest BCUT2D eigenvalue weighted by atomic mass is 9.86. The van der Waals surface area contributed by atoms with Gasteiger partial charge in [-0.05, 0) is 37.0 Å². The summed E-state index contributed by atoms with van der Waals surface area (Å²) in [5.74, 6) is -1.06. The summed E-state index contributed by atoms with van der Waals surface area (Å²) < 4.78 is 18.9. The Kier molecular flexibility index (Phi) is 5.53. The smallest absolute Gasteiger partial charge is 0.352 e. The number of pyridine rings is 2. The van der Waals surface area contributed by atoms with E-state index in [1.54, 1.807) is 13.1 Å². The summed E-state index contributed by atoms with van der Waals surface area (Å²) >= 11 is 0. The van der Waals surface area contributed by atoms with Gasteiger partial charge in [0.05, 0.1) is 16.6 Å². The minimum atomic E-state index is -0.852. The molecular weight excluding hydrogens is 425 g/mol. The largest absolute Gasteiger partial charge is 0.388 e. The second kappa shape index (κ2) is 8.08. The van der Waals surface area contributed by atoms with Crippen LogP contribution in [-0.2, 0) is 18.6 Å². The second-order valence-corrected chi connectivity index (χ2v) is 8.96. The predicted octanol–water partition coefficient (Wildman–Crippen LogP) is 2.99. The normalized spacial score (nSPS) is 12.0. The molecule has 0 bridgehead atoms. The van der Waals surface area contributed by atoms with Crippen LogP contribution in [-0.4, -0.2) is 29.0 Å². The van der Waals surface area contributed by atoms with Gasteiger partial charge in [0.25, 0.3) is 5.56 Å². The fourth-order valence-electron chi connectivity index (χ4n) is 3.95. The number of para-hydroxylation sites is 1. The summed E-state index contributed by atoms with van der Waals surface area (Å²) in [7, 11) is 0. The highest BCUT2D eigenvalue weighted by Gasteiger charge is 2.25. The summed E-state index contributed by atoms with van der Waals surface area (Å²) in [4.78, 5) is 30.6. The van der Waals surface area contributed by atoms with Crippen molar-refractivity contribution in [3.05, 3.63) is 80.1 Å². The summed E-state index contributed by atoms with van der Waals surface area (Å²) in [6, 6.07) is 8.57. The highest BCUT2D eigenvalue weighted by Crippen LogP contribution is 2.30.